The van der Waals surface area contributed by atoms with Crippen molar-refractivity contribution in [1.29, 1.82) is 0 Å². The van der Waals surface area contributed by atoms with Crippen molar-refractivity contribution in [2.24, 2.45) is 0 Å². The number of nitrogens with zero attached hydrogens (tertiary/aromatic N) is 3. The fourth-order valence-corrected chi connectivity index (χ4v) is 3.95. The van der Waals surface area contributed by atoms with Crippen molar-refractivity contribution < 1.29 is 19.3 Å². The fourth-order valence-electron chi connectivity index (χ4n) is 3.95. The topological polar surface area (TPSA) is 147 Å². The second-order valence-electron chi connectivity index (χ2n) is 7.32. The predicted octanol–water partition coefficient (Wildman–Crippen LogP) is -0.546. The van der Waals surface area contributed by atoms with Crippen molar-refractivity contribution in [3.05, 3.63) is 33.5 Å². The molecule has 2 aromatic rings. The molecule has 0 saturated carbocycles. The van der Waals surface area contributed by atoms with Gasteiger partial charge in [0.2, 0.25) is 5.95 Å². The molecule has 4 atom stereocenters. The summed E-state index contributed by atoms with van der Waals surface area (Å²) in [6.45, 7) is 7.17. The van der Waals surface area contributed by atoms with Crippen LogP contribution in [0.15, 0.2) is 22.2 Å². The lowest BCUT2D eigenvalue weighted by atomic mass is 10.1. The highest BCUT2D eigenvalue weighted by molar-refractivity contribution is 5.71. The van der Waals surface area contributed by atoms with Crippen molar-refractivity contribution in [1.82, 2.24) is 19.1 Å². The van der Waals surface area contributed by atoms with Gasteiger partial charge >= 0.3 is 5.69 Å². The van der Waals surface area contributed by atoms with Crippen LogP contribution in [0.2, 0.25) is 0 Å². The van der Waals surface area contributed by atoms with E-state index >= 15 is 0 Å². The Morgan fingerprint density at radius 2 is 2.07 bits per heavy atom. The Kier molecular flexibility index (Phi) is 4.42. The van der Waals surface area contributed by atoms with Crippen molar-refractivity contribution in [2.45, 2.75) is 57.1 Å². The molecule has 1 unspecified atom stereocenters. The van der Waals surface area contributed by atoms with Crippen LogP contribution in [0.4, 0.5) is 5.95 Å². The molecule has 0 amide bonds. The molecule has 28 heavy (non-hydrogen) atoms. The average Bonchev–Trinajstić information content (AvgIpc) is 3.17. The number of anilines is 1. The first kappa shape index (κ1) is 18.9. The second-order valence-corrected chi connectivity index (χ2v) is 7.32. The summed E-state index contributed by atoms with van der Waals surface area (Å²) < 4.78 is 20.5. The Balaban J connectivity index is 1.91. The van der Waals surface area contributed by atoms with Crippen molar-refractivity contribution in [3.63, 3.8) is 0 Å². The summed E-state index contributed by atoms with van der Waals surface area (Å²) in [5.74, 6) is -0.995. The Morgan fingerprint density at radius 1 is 1.36 bits per heavy atom. The minimum absolute atomic E-state index is 0.0723. The lowest BCUT2D eigenvalue weighted by molar-refractivity contribution is -0.198. The number of hydrogen-bond acceptors (Lipinski definition) is 8. The quantitative estimate of drug-likeness (QED) is 0.574. The fraction of sp³-hybridized carbons (Fsp3) is 0.588. The van der Waals surface area contributed by atoms with Gasteiger partial charge in [-0.15, -0.1) is 6.58 Å². The summed E-state index contributed by atoms with van der Waals surface area (Å²) in [7, 11) is 0. The number of ether oxygens (including phenoxy) is 3. The van der Waals surface area contributed by atoms with Crippen LogP contribution in [0.1, 0.15) is 26.5 Å². The van der Waals surface area contributed by atoms with E-state index in [2.05, 4.69) is 16.5 Å². The maximum Gasteiger partial charge on any atom is 0.333 e. The van der Waals surface area contributed by atoms with E-state index in [-0.39, 0.29) is 30.3 Å². The van der Waals surface area contributed by atoms with E-state index in [4.69, 9.17) is 19.9 Å². The molecule has 2 aliphatic heterocycles. The number of allylic oxidation sites excluding steroid dienone is 1. The third-order valence-electron chi connectivity index (χ3n) is 4.93. The lowest BCUT2D eigenvalue weighted by Crippen LogP contribution is -2.34. The molecule has 0 aromatic carbocycles. The molecule has 11 heteroatoms. The van der Waals surface area contributed by atoms with E-state index in [0.29, 0.717) is 6.42 Å². The number of H-pyrrole nitrogens is 1. The van der Waals surface area contributed by atoms with Crippen molar-refractivity contribution >= 4 is 17.1 Å². The molecular formula is C17H23N5O6. The monoisotopic (exact) mass is 393 g/mol. The van der Waals surface area contributed by atoms with Gasteiger partial charge in [-0.1, -0.05) is 6.08 Å². The van der Waals surface area contributed by atoms with Gasteiger partial charge in [-0.05, 0) is 20.3 Å². The molecule has 4 rings (SSSR count). The molecule has 0 radical (unpaired) electrons. The van der Waals surface area contributed by atoms with Gasteiger partial charge in [-0.2, -0.15) is 4.98 Å². The van der Waals surface area contributed by atoms with E-state index in [9.17, 15) is 14.7 Å². The van der Waals surface area contributed by atoms with Gasteiger partial charge in [0.05, 0.1) is 6.10 Å². The van der Waals surface area contributed by atoms with E-state index in [0.717, 1.165) is 0 Å². The zero-order valence-corrected chi connectivity index (χ0v) is 15.6. The van der Waals surface area contributed by atoms with Crippen LogP contribution in [-0.4, -0.2) is 54.9 Å². The maximum absolute atomic E-state index is 13.2. The predicted molar refractivity (Wildman–Crippen MR) is 98.7 cm³/mol. The number of aliphatic hydroxyl groups is 1. The lowest BCUT2D eigenvalue weighted by Gasteiger charge is -2.24. The van der Waals surface area contributed by atoms with Crippen LogP contribution in [0.25, 0.3) is 11.2 Å². The van der Waals surface area contributed by atoms with Crippen molar-refractivity contribution in [3.8, 4) is 0 Å². The number of aromatic nitrogens is 4. The molecule has 0 aliphatic carbocycles. The number of nitrogens with one attached hydrogen (secondary N) is 1. The smallest absolute Gasteiger partial charge is 0.333 e. The molecule has 0 bridgehead atoms. The number of nitrogen functional groups attached to an aromatic ring is 1. The molecule has 2 aliphatic rings. The third-order valence-corrected chi connectivity index (χ3v) is 4.93. The van der Waals surface area contributed by atoms with E-state index in [1.807, 2.05) is 0 Å². The number of rotatable bonds is 5. The molecule has 152 valence electrons. The molecule has 2 fully saturated rings. The van der Waals surface area contributed by atoms with Gasteiger partial charge < -0.3 is 25.1 Å². The Hall–Kier alpha value is -2.47. The average molecular weight is 393 g/mol. The number of imidazole rings is 1. The number of fused-ring (bicyclic) bond motifs is 2. The van der Waals surface area contributed by atoms with Gasteiger partial charge in [0, 0.05) is 13.2 Å². The molecule has 11 nitrogen and oxygen atoms in total. The minimum Gasteiger partial charge on any atom is -0.396 e. The Morgan fingerprint density at radius 3 is 2.75 bits per heavy atom. The number of aromatic amines is 1. The molecular weight excluding hydrogens is 370 g/mol. The first-order valence-corrected chi connectivity index (χ1v) is 9.01. The summed E-state index contributed by atoms with van der Waals surface area (Å²) >= 11 is 0. The van der Waals surface area contributed by atoms with Crippen LogP contribution < -0.4 is 17.0 Å². The first-order chi connectivity index (χ1) is 13.3. The highest BCUT2D eigenvalue weighted by atomic mass is 16.8. The van der Waals surface area contributed by atoms with Crippen molar-refractivity contribution in [2.75, 3.05) is 12.3 Å². The maximum atomic E-state index is 13.2. The van der Waals surface area contributed by atoms with E-state index < -0.39 is 41.6 Å². The molecule has 2 saturated heterocycles. The normalized spacial score (nSPS) is 28.7. The molecule has 0 spiro atoms. The van der Waals surface area contributed by atoms with Crippen LogP contribution in [0, 0.1) is 0 Å². The van der Waals surface area contributed by atoms with Crippen LogP contribution >= 0.6 is 0 Å². The number of aliphatic hydroxyl groups excluding tert-OH is 1. The zero-order chi connectivity index (χ0) is 20.2. The van der Waals surface area contributed by atoms with Crippen LogP contribution in [-0.2, 0) is 20.8 Å². The van der Waals surface area contributed by atoms with E-state index in [1.165, 1.54) is 15.2 Å². The summed E-state index contributed by atoms with van der Waals surface area (Å²) in [5.41, 5.74) is 4.84. The zero-order valence-electron chi connectivity index (χ0n) is 15.6. The van der Waals surface area contributed by atoms with Gasteiger partial charge in [0.25, 0.3) is 5.56 Å². The molecule has 4 heterocycles. The standard InChI is InChI=1S/C17H23N5O6/c1-4-6-21-9-12(19-15(18)20-13(9)24)22(16(21)25)14-11-10(8(26-14)5-7-23)27-17(2,3)28-11/h4,8,10-11,14,23H,1,5-7H2,2-3H3,(H3,18,19,20,24)/t8-,10-,11-,14?/m1/s1. The molecule has 4 N–H and O–H groups in total. The van der Waals surface area contributed by atoms with Gasteiger partial charge in [-0.25, -0.2) is 9.36 Å². The van der Waals surface area contributed by atoms with Gasteiger partial charge in [0.15, 0.2) is 23.2 Å². The van der Waals surface area contributed by atoms with Gasteiger partial charge in [-0.3, -0.25) is 14.3 Å². The highest BCUT2D eigenvalue weighted by Gasteiger charge is 2.56. The Bertz CT molecular complexity index is 1040. The summed E-state index contributed by atoms with van der Waals surface area (Å²) in [6, 6.07) is 0. The third kappa shape index (κ3) is 2.78. The van der Waals surface area contributed by atoms with E-state index in [1.54, 1.807) is 13.8 Å². The minimum atomic E-state index is -0.891. The van der Waals surface area contributed by atoms with Crippen LogP contribution in [0.3, 0.4) is 0 Å². The Labute approximate surface area is 159 Å². The van der Waals surface area contributed by atoms with Gasteiger partial charge in [0.1, 0.15) is 12.2 Å². The SMILES string of the molecule is C=CCn1c(=O)n(C2O[C@H](CCO)[C@H]3OC(C)(C)O[C@@H]23)c2nc(N)[nH]c(=O)c21. The summed E-state index contributed by atoms with van der Waals surface area (Å²) in [5, 5.41) is 9.37. The summed E-state index contributed by atoms with van der Waals surface area (Å²) in [6.07, 6.45) is -0.645. The summed E-state index contributed by atoms with van der Waals surface area (Å²) in [4.78, 5) is 32.2. The molecule has 2 aromatic heterocycles. The second kappa shape index (κ2) is 6.55. The number of hydrogen-bond donors (Lipinski definition) is 3. The largest absolute Gasteiger partial charge is 0.396 e. The highest BCUT2D eigenvalue weighted by Crippen LogP contribution is 2.44. The number of nitrogens with two attached hydrogens (primary N) is 1. The first-order valence-electron chi connectivity index (χ1n) is 9.01. The van der Waals surface area contributed by atoms with Crippen LogP contribution in [0.5, 0.6) is 0 Å².